The number of nitrogens with zero attached hydrogens (tertiary/aromatic N) is 2. The zero-order chi connectivity index (χ0) is 12.1. The van der Waals surface area contributed by atoms with Gasteiger partial charge in [-0.3, -0.25) is 9.89 Å². The van der Waals surface area contributed by atoms with Crippen molar-refractivity contribution < 1.29 is 4.79 Å². The van der Waals surface area contributed by atoms with Crippen LogP contribution in [0.25, 0.3) is 0 Å². The number of rotatable bonds is 5. The summed E-state index contributed by atoms with van der Waals surface area (Å²) in [7, 11) is 0. The summed E-state index contributed by atoms with van der Waals surface area (Å²) < 4.78 is 0. The van der Waals surface area contributed by atoms with Gasteiger partial charge in [0.2, 0.25) is 0 Å². The standard InChI is InChI=1S/C10H13N5OS/c11-2-1-9-15-8(6-17-9)10(16)12-3-7-4-13-14-5-7/h4-6H,1-3,11H2,(H,12,16)(H,13,14). The number of hydrogen-bond donors (Lipinski definition) is 3. The minimum Gasteiger partial charge on any atom is -0.346 e. The number of carbonyl (C=O) groups is 1. The molecule has 1 amide bonds. The quantitative estimate of drug-likeness (QED) is 0.712. The fraction of sp³-hybridized carbons (Fsp3) is 0.300. The molecular weight excluding hydrogens is 238 g/mol. The average Bonchev–Trinajstić information content (AvgIpc) is 2.97. The Kier molecular flexibility index (Phi) is 3.84. The van der Waals surface area contributed by atoms with Gasteiger partial charge >= 0.3 is 0 Å². The Bertz CT molecular complexity index is 479. The summed E-state index contributed by atoms with van der Waals surface area (Å²) in [5.74, 6) is -0.175. The molecule has 0 saturated carbocycles. The molecule has 2 aromatic heterocycles. The van der Waals surface area contributed by atoms with Crippen molar-refractivity contribution in [3.8, 4) is 0 Å². The molecule has 0 atom stereocenters. The van der Waals surface area contributed by atoms with Crippen LogP contribution < -0.4 is 11.1 Å². The summed E-state index contributed by atoms with van der Waals surface area (Å²) in [4.78, 5) is 15.9. The molecule has 0 aromatic carbocycles. The van der Waals surface area contributed by atoms with E-state index in [2.05, 4.69) is 20.5 Å². The second-order valence-electron chi connectivity index (χ2n) is 3.45. The van der Waals surface area contributed by atoms with E-state index in [1.807, 2.05) is 0 Å². The van der Waals surface area contributed by atoms with Crippen LogP contribution in [0, 0.1) is 0 Å². The Morgan fingerprint density at radius 3 is 3.18 bits per heavy atom. The van der Waals surface area contributed by atoms with Gasteiger partial charge in [0, 0.05) is 30.1 Å². The van der Waals surface area contributed by atoms with Gasteiger partial charge in [0.1, 0.15) is 5.69 Å². The maximum atomic E-state index is 11.7. The Labute approximate surface area is 102 Å². The number of hydrogen-bond acceptors (Lipinski definition) is 5. The first-order valence-corrected chi connectivity index (χ1v) is 6.08. The minimum atomic E-state index is -0.175. The number of amides is 1. The van der Waals surface area contributed by atoms with Gasteiger partial charge in [0.25, 0.3) is 5.91 Å². The molecule has 0 aliphatic carbocycles. The lowest BCUT2D eigenvalue weighted by molar-refractivity contribution is 0.0946. The summed E-state index contributed by atoms with van der Waals surface area (Å²) in [6.45, 7) is 0.989. The molecule has 0 aliphatic heterocycles. The van der Waals surface area contributed by atoms with E-state index in [-0.39, 0.29) is 5.91 Å². The fourth-order valence-corrected chi connectivity index (χ4v) is 2.09. The predicted molar refractivity (Wildman–Crippen MR) is 64.6 cm³/mol. The number of aromatic amines is 1. The Hall–Kier alpha value is -1.73. The van der Waals surface area contributed by atoms with E-state index >= 15 is 0 Å². The number of nitrogens with one attached hydrogen (secondary N) is 2. The molecule has 4 N–H and O–H groups in total. The van der Waals surface area contributed by atoms with E-state index in [9.17, 15) is 4.79 Å². The lowest BCUT2D eigenvalue weighted by atomic mass is 10.3. The van der Waals surface area contributed by atoms with Gasteiger partial charge in [-0.1, -0.05) is 0 Å². The number of aromatic nitrogens is 3. The molecule has 6 nitrogen and oxygen atoms in total. The first-order valence-electron chi connectivity index (χ1n) is 5.20. The maximum Gasteiger partial charge on any atom is 0.271 e. The van der Waals surface area contributed by atoms with E-state index in [0.717, 1.165) is 10.6 Å². The van der Waals surface area contributed by atoms with Gasteiger partial charge in [-0.25, -0.2) is 4.98 Å². The number of H-pyrrole nitrogens is 1. The van der Waals surface area contributed by atoms with Crippen LogP contribution >= 0.6 is 11.3 Å². The van der Waals surface area contributed by atoms with E-state index < -0.39 is 0 Å². The van der Waals surface area contributed by atoms with Crippen molar-refractivity contribution in [2.75, 3.05) is 6.54 Å². The lowest BCUT2D eigenvalue weighted by Gasteiger charge is -1.99. The van der Waals surface area contributed by atoms with Gasteiger partial charge in [0.05, 0.1) is 11.2 Å². The zero-order valence-corrected chi connectivity index (χ0v) is 9.96. The molecule has 17 heavy (non-hydrogen) atoms. The highest BCUT2D eigenvalue weighted by molar-refractivity contribution is 7.09. The lowest BCUT2D eigenvalue weighted by Crippen LogP contribution is -2.23. The molecule has 2 rings (SSSR count). The predicted octanol–water partition coefficient (Wildman–Crippen LogP) is 0.297. The second-order valence-corrected chi connectivity index (χ2v) is 4.40. The highest BCUT2D eigenvalue weighted by Gasteiger charge is 2.10. The van der Waals surface area contributed by atoms with Crippen molar-refractivity contribution in [2.45, 2.75) is 13.0 Å². The third-order valence-corrected chi connectivity index (χ3v) is 3.06. The van der Waals surface area contributed by atoms with E-state index in [0.29, 0.717) is 25.2 Å². The topological polar surface area (TPSA) is 96.7 Å². The number of thiazole rings is 1. The zero-order valence-electron chi connectivity index (χ0n) is 9.14. The van der Waals surface area contributed by atoms with Crippen LogP contribution in [0.15, 0.2) is 17.8 Å². The van der Waals surface area contributed by atoms with Crippen LogP contribution in [-0.2, 0) is 13.0 Å². The van der Waals surface area contributed by atoms with Gasteiger partial charge in [-0.05, 0) is 6.54 Å². The van der Waals surface area contributed by atoms with Crippen molar-refractivity contribution >= 4 is 17.2 Å². The minimum absolute atomic E-state index is 0.175. The normalized spacial score (nSPS) is 10.4. The molecule has 2 heterocycles. The molecule has 0 radical (unpaired) electrons. The van der Waals surface area contributed by atoms with Gasteiger partial charge in [-0.15, -0.1) is 11.3 Å². The average molecular weight is 251 g/mol. The van der Waals surface area contributed by atoms with Crippen LogP contribution in [0.1, 0.15) is 21.1 Å². The third kappa shape index (κ3) is 3.11. The van der Waals surface area contributed by atoms with E-state index in [1.54, 1.807) is 17.8 Å². The molecule has 90 valence electrons. The molecule has 0 spiro atoms. The fourth-order valence-electron chi connectivity index (χ4n) is 1.30. The summed E-state index contributed by atoms with van der Waals surface area (Å²) >= 11 is 1.46. The molecule has 0 fully saturated rings. The van der Waals surface area contributed by atoms with Crippen LogP contribution in [0.3, 0.4) is 0 Å². The van der Waals surface area contributed by atoms with Crippen LogP contribution in [-0.4, -0.2) is 27.6 Å². The summed E-state index contributed by atoms with van der Waals surface area (Å²) in [6.07, 6.45) is 4.11. The summed E-state index contributed by atoms with van der Waals surface area (Å²) in [5, 5.41) is 11.9. The van der Waals surface area contributed by atoms with Crippen LogP contribution in [0.5, 0.6) is 0 Å². The maximum absolute atomic E-state index is 11.7. The Morgan fingerprint density at radius 2 is 2.47 bits per heavy atom. The van der Waals surface area contributed by atoms with E-state index in [4.69, 9.17) is 5.73 Å². The first-order chi connectivity index (χ1) is 8.29. The molecule has 0 unspecified atom stereocenters. The van der Waals surface area contributed by atoms with Crippen molar-refractivity contribution in [2.24, 2.45) is 5.73 Å². The number of carbonyl (C=O) groups excluding carboxylic acids is 1. The second kappa shape index (κ2) is 5.55. The molecule has 0 saturated heterocycles. The Balaban J connectivity index is 1.90. The monoisotopic (exact) mass is 251 g/mol. The summed E-state index contributed by atoms with van der Waals surface area (Å²) in [5.41, 5.74) is 6.80. The summed E-state index contributed by atoms with van der Waals surface area (Å²) in [6, 6.07) is 0. The van der Waals surface area contributed by atoms with Crippen molar-refractivity contribution in [1.82, 2.24) is 20.5 Å². The molecule has 0 bridgehead atoms. The molecule has 7 heteroatoms. The SMILES string of the molecule is NCCc1nc(C(=O)NCc2cn[nH]c2)cs1. The molecule has 2 aromatic rings. The highest BCUT2D eigenvalue weighted by atomic mass is 32.1. The molecule has 0 aliphatic rings. The van der Waals surface area contributed by atoms with Gasteiger partial charge in [-0.2, -0.15) is 5.10 Å². The largest absolute Gasteiger partial charge is 0.346 e. The highest BCUT2D eigenvalue weighted by Crippen LogP contribution is 2.10. The van der Waals surface area contributed by atoms with Gasteiger partial charge < -0.3 is 11.1 Å². The van der Waals surface area contributed by atoms with E-state index in [1.165, 1.54) is 11.3 Å². The van der Waals surface area contributed by atoms with Crippen molar-refractivity contribution in [3.05, 3.63) is 34.0 Å². The van der Waals surface area contributed by atoms with Crippen LogP contribution in [0.2, 0.25) is 0 Å². The van der Waals surface area contributed by atoms with Gasteiger partial charge in [0.15, 0.2) is 0 Å². The van der Waals surface area contributed by atoms with Crippen molar-refractivity contribution in [3.63, 3.8) is 0 Å². The third-order valence-electron chi connectivity index (χ3n) is 2.15. The Morgan fingerprint density at radius 1 is 1.59 bits per heavy atom. The first kappa shape index (κ1) is 11.7. The van der Waals surface area contributed by atoms with Crippen LogP contribution in [0.4, 0.5) is 0 Å². The number of nitrogens with two attached hydrogens (primary N) is 1. The van der Waals surface area contributed by atoms with Crippen molar-refractivity contribution in [1.29, 1.82) is 0 Å². The molecular formula is C10H13N5OS. The smallest absolute Gasteiger partial charge is 0.271 e.